The Balaban J connectivity index is 2.02. The molecule has 0 unspecified atom stereocenters. The molecule has 0 bridgehead atoms. The lowest BCUT2D eigenvalue weighted by Crippen LogP contribution is -2.31. The predicted molar refractivity (Wildman–Crippen MR) is 76.3 cm³/mol. The summed E-state index contributed by atoms with van der Waals surface area (Å²) in [4.78, 5) is 12.0. The predicted octanol–water partition coefficient (Wildman–Crippen LogP) is 2.26. The molecule has 1 heterocycles. The average Bonchev–Trinajstić information content (AvgIpc) is 2.79. The minimum atomic E-state index is -0.233. The number of nitrogens with zero attached hydrogens (tertiary/aromatic N) is 2. The van der Waals surface area contributed by atoms with E-state index in [1.54, 1.807) is 0 Å². The average molecular weight is 273 g/mol. The minimum absolute atomic E-state index is 0.233. The topological polar surface area (TPSA) is 35.1 Å². The number of carbonyl (C=O) groups is 1. The molecule has 106 valence electrons. The van der Waals surface area contributed by atoms with Crippen molar-refractivity contribution in [2.45, 2.75) is 32.7 Å². The largest absolute Gasteiger partial charge is 0.463 e. The van der Waals surface area contributed by atoms with Gasteiger partial charge in [0.2, 0.25) is 0 Å². The summed E-state index contributed by atoms with van der Waals surface area (Å²) >= 11 is 0. The van der Waals surface area contributed by atoms with E-state index >= 15 is 0 Å². The molecule has 1 aromatic carbocycles. The highest BCUT2D eigenvalue weighted by Crippen LogP contribution is 2.09. The first-order valence-electron chi connectivity index (χ1n) is 7.00. The number of unbranched alkanes of at least 4 members (excludes halogenated alkanes) is 1. The molecular weight excluding hydrogens is 252 g/mol. The molecule has 0 atom stereocenters. The van der Waals surface area contributed by atoms with Gasteiger partial charge in [0.05, 0.1) is 20.0 Å². The molecule has 2 rings (SSSR count). The van der Waals surface area contributed by atoms with Gasteiger partial charge in [-0.1, -0.05) is 43.7 Å². The number of hydrogen-bond acceptors (Lipinski definition) is 2. The van der Waals surface area contributed by atoms with Crippen molar-refractivity contribution in [3.63, 3.8) is 0 Å². The summed E-state index contributed by atoms with van der Waals surface area (Å²) in [5, 5.41) is 0. The van der Waals surface area contributed by atoms with Crippen LogP contribution >= 0.6 is 0 Å². The van der Waals surface area contributed by atoms with Crippen LogP contribution in [0.1, 0.15) is 25.3 Å². The molecule has 0 fully saturated rings. The van der Waals surface area contributed by atoms with Crippen LogP contribution in [-0.4, -0.2) is 10.5 Å². The van der Waals surface area contributed by atoms with Crippen LogP contribution in [0.2, 0.25) is 0 Å². The Morgan fingerprint density at radius 2 is 2.05 bits per heavy atom. The first-order chi connectivity index (χ1) is 9.70. The van der Waals surface area contributed by atoms with Crippen molar-refractivity contribution >= 4 is 5.97 Å². The van der Waals surface area contributed by atoms with E-state index in [0.29, 0.717) is 12.4 Å². The Labute approximate surface area is 119 Å². The Bertz CT molecular complexity index is 561. The molecule has 0 aliphatic carbocycles. The number of ether oxygens (including phenoxy) is 1. The molecular formula is C16H21N2O2+. The van der Waals surface area contributed by atoms with Crippen LogP contribution in [0.15, 0.2) is 42.7 Å². The van der Waals surface area contributed by atoms with E-state index in [-0.39, 0.29) is 5.97 Å². The van der Waals surface area contributed by atoms with Crippen LogP contribution in [0, 0.1) is 0 Å². The third kappa shape index (κ3) is 3.70. The van der Waals surface area contributed by atoms with E-state index in [1.165, 1.54) is 0 Å². The van der Waals surface area contributed by atoms with Gasteiger partial charge in [-0.2, -0.15) is 9.13 Å². The molecule has 1 aromatic heterocycles. The van der Waals surface area contributed by atoms with E-state index in [4.69, 9.17) is 4.74 Å². The van der Waals surface area contributed by atoms with Gasteiger partial charge in [0, 0.05) is 0 Å². The zero-order chi connectivity index (χ0) is 14.4. The summed E-state index contributed by atoms with van der Waals surface area (Å²) < 4.78 is 9.31. The molecule has 0 saturated carbocycles. The van der Waals surface area contributed by atoms with Gasteiger partial charge in [0.25, 0.3) is 0 Å². The molecule has 0 N–H and O–H groups in total. The Morgan fingerprint density at radius 1 is 1.30 bits per heavy atom. The Morgan fingerprint density at radius 3 is 2.75 bits per heavy atom. The maximum atomic E-state index is 12.0. The van der Waals surface area contributed by atoms with Crippen molar-refractivity contribution in [3.8, 4) is 6.01 Å². The van der Waals surface area contributed by atoms with Gasteiger partial charge in [-0.05, 0) is 12.0 Å². The van der Waals surface area contributed by atoms with Gasteiger partial charge in [-0.25, -0.2) is 0 Å². The second-order valence-electron chi connectivity index (χ2n) is 4.88. The molecule has 0 amide bonds. The lowest BCUT2D eigenvalue weighted by atomic mass is 10.2. The first kappa shape index (κ1) is 14.3. The number of hydrogen-bond donors (Lipinski definition) is 0. The number of aromatic nitrogens is 2. The van der Waals surface area contributed by atoms with Gasteiger partial charge in [-0.3, -0.25) is 4.79 Å². The zero-order valence-electron chi connectivity index (χ0n) is 12.1. The SMILES string of the molecule is CCCCn1cc[n+](C)c1OC(=O)Cc1ccccc1. The number of rotatable bonds is 6. The van der Waals surface area contributed by atoms with Gasteiger partial charge in [-0.15, -0.1) is 0 Å². The van der Waals surface area contributed by atoms with Gasteiger partial charge < -0.3 is 4.74 Å². The molecule has 4 nitrogen and oxygen atoms in total. The van der Waals surface area contributed by atoms with Crippen LogP contribution in [-0.2, 0) is 24.8 Å². The quantitative estimate of drug-likeness (QED) is 0.598. The number of imidazole rings is 1. The number of aryl methyl sites for hydroxylation is 2. The van der Waals surface area contributed by atoms with Crippen LogP contribution < -0.4 is 9.30 Å². The Hall–Kier alpha value is -2.10. The maximum Gasteiger partial charge on any atom is 0.463 e. The van der Waals surface area contributed by atoms with E-state index in [2.05, 4.69) is 6.92 Å². The molecule has 0 saturated heterocycles. The molecule has 0 radical (unpaired) electrons. The zero-order valence-corrected chi connectivity index (χ0v) is 12.1. The smallest absolute Gasteiger partial charge is 0.357 e. The van der Waals surface area contributed by atoms with Gasteiger partial charge in [0.1, 0.15) is 12.4 Å². The van der Waals surface area contributed by atoms with Crippen molar-refractivity contribution in [2.24, 2.45) is 7.05 Å². The van der Waals surface area contributed by atoms with Gasteiger partial charge >= 0.3 is 12.0 Å². The lowest BCUT2D eigenvalue weighted by molar-refractivity contribution is -0.675. The molecule has 0 aliphatic heterocycles. The summed E-state index contributed by atoms with van der Waals surface area (Å²) in [6.45, 7) is 3.01. The number of benzene rings is 1. The van der Waals surface area contributed by atoms with Crippen LogP contribution in [0.3, 0.4) is 0 Å². The molecule has 0 aliphatic rings. The van der Waals surface area contributed by atoms with E-state index < -0.39 is 0 Å². The molecule has 0 spiro atoms. The monoisotopic (exact) mass is 273 g/mol. The summed E-state index contributed by atoms with van der Waals surface area (Å²) in [6, 6.07) is 10.2. The Kier molecular flexibility index (Phi) is 4.93. The summed E-state index contributed by atoms with van der Waals surface area (Å²) in [7, 11) is 1.88. The van der Waals surface area contributed by atoms with Gasteiger partial charge in [0.15, 0.2) is 0 Å². The highest BCUT2D eigenvalue weighted by Gasteiger charge is 2.19. The summed E-state index contributed by atoms with van der Waals surface area (Å²) in [6.07, 6.45) is 6.32. The van der Waals surface area contributed by atoms with Crippen LogP contribution in [0.25, 0.3) is 0 Å². The highest BCUT2D eigenvalue weighted by atomic mass is 16.6. The molecule has 20 heavy (non-hydrogen) atoms. The normalized spacial score (nSPS) is 10.5. The fourth-order valence-corrected chi connectivity index (χ4v) is 2.04. The highest BCUT2D eigenvalue weighted by molar-refractivity contribution is 5.74. The van der Waals surface area contributed by atoms with Crippen molar-refractivity contribution in [2.75, 3.05) is 0 Å². The number of esters is 1. The summed E-state index contributed by atoms with van der Waals surface area (Å²) in [5.74, 6) is -0.233. The second kappa shape index (κ2) is 6.89. The van der Waals surface area contributed by atoms with Crippen LogP contribution in [0.5, 0.6) is 6.01 Å². The van der Waals surface area contributed by atoms with E-state index in [0.717, 1.165) is 24.9 Å². The van der Waals surface area contributed by atoms with Crippen molar-refractivity contribution < 1.29 is 14.1 Å². The molecule has 4 heteroatoms. The third-order valence-electron chi connectivity index (χ3n) is 3.17. The maximum absolute atomic E-state index is 12.0. The fraction of sp³-hybridized carbons (Fsp3) is 0.375. The first-order valence-corrected chi connectivity index (χ1v) is 7.00. The standard InChI is InChI=1S/C16H21N2O2/c1-3-4-10-18-12-11-17(2)16(18)20-15(19)13-14-8-6-5-7-9-14/h5-9,11-12H,3-4,10,13H2,1-2H3/q+1. The minimum Gasteiger partial charge on any atom is -0.357 e. The van der Waals surface area contributed by atoms with E-state index in [9.17, 15) is 4.79 Å². The van der Waals surface area contributed by atoms with Crippen molar-refractivity contribution in [1.29, 1.82) is 0 Å². The number of carbonyl (C=O) groups excluding carboxylic acids is 1. The van der Waals surface area contributed by atoms with E-state index in [1.807, 2.05) is 58.9 Å². The fourth-order valence-electron chi connectivity index (χ4n) is 2.04. The van der Waals surface area contributed by atoms with Crippen LogP contribution in [0.4, 0.5) is 0 Å². The van der Waals surface area contributed by atoms with Crippen molar-refractivity contribution in [1.82, 2.24) is 4.57 Å². The summed E-state index contributed by atoms with van der Waals surface area (Å²) in [5.41, 5.74) is 0.965. The lowest BCUT2D eigenvalue weighted by Gasteiger charge is -2.03. The third-order valence-corrected chi connectivity index (χ3v) is 3.17. The molecule has 2 aromatic rings. The van der Waals surface area contributed by atoms with Crippen molar-refractivity contribution in [3.05, 3.63) is 48.3 Å². The second-order valence-corrected chi connectivity index (χ2v) is 4.88.